The maximum atomic E-state index is 11.3. The Morgan fingerprint density at radius 2 is 1.92 bits per heavy atom. The fraction of sp³-hybridized carbons (Fsp3) is 0.714. The smallest absolute Gasteiger partial charge is 0.327 e. The molecule has 6 nitrogen and oxygen atoms in total. The quantitative estimate of drug-likeness (QED) is 0.519. The van der Waals surface area contributed by atoms with E-state index in [0.29, 0.717) is 0 Å². The fourth-order valence-electron chi connectivity index (χ4n) is 1.35. The van der Waals surface area contributed by atoms with Crippen molar-refractivity contribution >= 4 is 11.9 Å². The minimum Gasteiger partial charge on any atom is -0.380 e. The van der Waals surface area contributed by atoms with Crippen molar-refractivity contribution < 1.29 is 14.7 Å². The third-order valence-corrected chi connectivity index (χ3v) is 2.18. The summed E-state index contributed by atoms with van der Waals surface area (Å²) in [4.78, 5) is 24.8. The van der Waals surface area contributed by atoms with Gasteiger partial charge in [-0.3, -0.25) is 15.0 Å². The van der Waals surface area contributed by atoms with Crippen LogP contribution in [0.1, 0.15) is 0 Å². The van der Waals surface area contributed by atoms with Gasteiger partial charge >= 0.3 is 6.03 Å². The summed E-state index contributed by atoms with van der Waals surface area (Å²) >= 11 is 0. The summed E-state index contributed by atoms with van der Waals surface area (Å²) in [6.07, 6.45) is -1.84. The molecule has 13 heavy (non-hydrogen) atoms. The van der Waals surface area contributed by atoms with Crippen molar-refractivity contribution in [2.24, 2.45) is 0 Å². The molecule has 1 rings (SSSR count). The highest BCUT2D eigenvalue weighted by atomic mass is 16.3. The molecule has 0 aliphatic carbocycles. The molecule has 0 unspecified atom stereocenters. The normalized spacial score (nSPS) is 29.8. The zero-order valence-electron chi connectivity index (χ0n) is 7.81. The number of hydrogen-bond acceptors (Lipinski definition) is 4. The van der Waals surface area contributed by atoms with Gasteiger partial charge in [-0.2, -0.15) is 0 Å². The van der Waals surface area contributed by atoms with E-state index in [4.69, 9.17) is 0 Å². The summed E-state index contributed by atoms with van der Waals surface area (Å²) in [6, 6.07) is -0.422. The molecule has 2 N–H and O–H groups in total. The summed E-state index contributed by atoms with van der Waals surface area (Å²) in [6.45, 7) is 0. The third kappa shape index (κ3) is 1.38. The van der Waals surface area contributed by atoms with Crippen LogP contribution in [0.2, 0.25) is 0 Å². The van der Waals surface area contributed by atoms with E-state index < -0.39 is 24.2 Å². The number of amides is 3. The number of nitrogens with zero attached hydrogens (tertiary/aromatic N) is 2. The second-order valence-corrected chi connectivity index (χ2v) is 2.97. The zero-order valence-corrected chi connectivity index (χ0v) is 7.81. The number of imide groups is 1. The SMILES string of the molecule is CN[C@@H]1[C@@H](O)C(=O)N(C)C(=O)N1C. The number of carbonyl (C=O) groups is 2. The van der Waals surface area contributed by atoms with Gasteiger partial charge in [0.1, 0.15) is 6.17 Å². The van der Waals surface area contributed by atoms with E-state index in [1.807, 2.05) is 0 Å². The van der Waals surface area contributed by atoms with E-state index >= 15 is 0 Å². The molecule has 74 valence electrons. The summed E-state index contributed by atoms with van der Waals surface area (Å²) < 4.78 is 0. The van der Waals surface area contributed by atoms with Gasteiger partial charge in [0.15, 0.2) is 6.10 Å². The molecule has 1 aliphatic heterocycles. The summed E-state index contributed by atoms with van der Waals surface area (Å²) in [5.41, 5.74) is 0. The van der Waals surface area contributed by atoms with E-state index in [1.165, 1.54) is 19.0 Å². The van der Waals surface area contributed by atoms with Crippen LogP contribution in [0.5, 0.6) is 0 Å². The molecule has 1 fully saturated rings. The number of aliphatic hydroxyl groups is 1. The van der Waals surface area contributed by atoms with Crippen molar-refractivity contribution in [3.05, 3.63) is 0 Å². The minimum atomic E-state index is -1.20. The number of aliphatic hydroxyl groups excluding tert-OH is 1. The van der Waals surface area contributed by atoms with Gasteiger partial charge in [0, 0.05) is 14.1 Å². The van der Waals surface area contributed by atoms with Crippen LogP contribution in [0.15, 0.2) is 0 Å². The van der Waals surface area contributed by atoms with Gasteiger partial charge < -0.3 is 10.0 Å². The summed E-state index contributed by atoms with van der Waals surface area (Å²) in [5, 5.41) is 12.1. The highest BCUT2D eigenvalue weighted by Gasteiger charge is 2.41. The Kier molecular flexibility index (Phi) is 2.53. The standard InChI is InChI=1S/C7H13N3O3/c1-8-5-4(11)6(12)10(3)7(13)9(5)2/h4-5,8,11H,1-3H3/t4-,5+/m1/s1. The van der Waals surface area contributed by atoms with Gasteiger partial charge in [-0.15, -0.1) is 0 Å². The van der Waals surface area contributed by atoms with Crippen molar-refractivity contribution in [1.29, 1.82) is 0 Å². The Bertz CT molecular complexity index is 221. The van der Waals surface area contributed by atoms with E-state index in [9.17, 15) is 14.7 Å². The summed E-state index contributed by atoms with van der Waals surface area (Å²) in [5.74, 6) is -0.581. The van der Waals surface area contributed by atoms with Gasteiger partial charge in [0.25, 0.3) is 5.91 Å². The van der Waals surface area contributed by atoms with E-state index in [2.05, 4.69) is 5.32 Å². The first kappa shape index (κ1) is 9.94. The topological polar surface area (TPSA) is 72.9 Å². The molecule has 0 saturated carbocycles. The monoisotopic (exact) mass is 187 g/mol. The predicted octanol–water partition coefficient (Wildman–Crippen LogP) is -1.58. The van der Waals surface area contributed by atoms with Crippen molar-refractivity contribution in [1.82, 2.24) is 15.1 Å². The molecule has 1 saturated heterocycles. The van der Waals surface area contributed by atoms with Gasteiger partial charge in [-0.05, 0) is 7.05 Å². The lowest BCUT2D eigenvalue weighted by molar-refractivity contribution is -0.144. The van der Waals surface area contributed by atoms with Crippen LogP contribution in [0, 0.1) is 0 Å². The molecular formula is C7H13N3O3. The van der Waals surface area contributed by atoms with Crippen LogP contribution in [0.3, 0.4) is 0 Å². The number of likely N-dealkylation sites (N-methyl/N-ethyl adjacent to an activating group) is 3. The average Bonchev–Trinajstić information content (AvgIpc) is 2.13. The molecule has 0 radical (unpaired) electrons. The molecule has 6 heteroatoms. The predicted molar refractivity (Wildman–Crippen MR) is 44.8 cm³/mol. The van der Waals surface area contributed by atoms with Crippen LogP contribution < -0.4 is 5.32 Å². The molecule has 0 bridgehead atoms. The Labute approximate surface area is 76.1 Å². The second kappa shape index (κ2) is 3.31. The van der Waals surface area contributed by atoms with Crippen molar-refractivity contribution in [3.63, 3.8) is 0 Å². The van der Waals surface area contributed by atoms with Crippen molar-refractivity contribution in [2.45, 2.75) is 12.3 Å². The lowest BCUT2D eigenvalue weighted by atomic mass is 10.2. The first-order valence-corrected chi connectivity index (χ1v) is 3.90. The van der Waals surface area contributed by atoms with Crippen LogP contribution in [-0.2, 0) is 4.79 Å². The lowest BCUT2D eigenvalue weighted by Gasteiger charge is -2.39. The maximum absolute atomic E-state index is 11.3. The van der Waals surface area contributed by atoms with Crippen molar-refractivity contribution in [2.75, 3.05) is 21.1 Å². The number of urea groups is 1. The first-order chi connectivity index (χ1) is 6.00. The Balaban J connectivity index is 2.92. The first-order valence-electron chi connectivity index (χ1n) is 3.90. The number of carbonyl (C=O) groups excluding carboxylic acids is 2. The minimum absolute atomic E-state index is 0.422. The van der Waals surface area contributed by atoms with Crippen LogP contribution >= 0.6 is 0 Å². The van der Waals surface area contributed by atoms with Crippen molar-refractivity contribution in [3.8, 4) is 0 Å². The molecule has 0 aromatic rings. The van der Waals surface area contributed by atoms with Gasteiger partial charge in [-0.1, -0.05) is 0 Å². The Hall–Kier alpha value is -1.14. The van der Waals surface area contributed by atoms with Crippen LogP contribution in [0.25, 0.3) is 0 Å². The number of nitrogens with one attached hydrogen (secondary N) is 1. The number of hydrogen-bond donors (Lipinski definition) is 2. The Morgan fingerprint density at radius 3 is 2.38 bits per heavy atom. The molecule has 0 aromatic heterocycles. The van der Waals surface area contributed by atoms with E-state index in [-0.39, 0.29) is 0 Å². The van der Waals surface area contributed by atoms with Crippen LogP contribution in [-0.4, -0.2) is 60.3 Å². The Morgan fingerprint density at radius 1 is 1.38 bits per heavy atom. The summed E-state index contributed by atoms with van der Waals surface area (Å²) in [7, 11) is 4.45. The largest absolute Gasteiger partial charge is 0.380 e. The molecule has 0 aromatic carbocycles. The van der Waals surface area contributed by atoms with E-state index in [1.54, 1.807) is 7.05 Å². The zero-order chi connectivity index (χ0) is 10.2. The van der Waals surface area contributed by atoms with Gasteiger partial charge in [0.05, 0.1) is 0 Å². The molecule has 1 heterocycles. The maximum Gasteiger partial charge on any atom is 0.327 e. The fourth-order valence-corrected chi connectivity index (χ4v) is 1.35. The van der Waals surface area contributed by atoms with Gasteiger partial charge in [0.2, 0.25) is 0 Å². The highest BCUT2D eigenvalue weighted by molar-refractivity contribution is 5.99. The lowest BCUT2D eigenvalue weighted by Crippen LogP contribution is -2.65. The molecule has 3 amide bonds. The number of rotatable bonds is 1. The van der Waals surface area contributed by atoms with Gasteiger partial charge in [-0.25, -0.2) is 4.79 Å². The highest BCUT2D eigenvalue weighted by Crippen LogP contribution is 2.12. The average molecular weight is 187 g/mol. The molecule has 2 atom stereocenters. The molecule has 0 spiro atoms. The second-order valence-electron chi connectivity index (χ2n) is 2.97. The third-order valence-electron chi connectivity index (χ3n) is 2.18. The molecule has 1 aliphatic rings. The van der Waals surface area contributed by atoms with E-state index in [0.717, 1.165) is 4.90 Å². The molecular weight excluding hydrogens is 174 g/mol. The van der Waals surface area contributed by atoms with Crippen LogP contribution in [0.4, 0.5) is 4.79 Å².